The Morgan fingerprint density at radius 2 is 1.55 bits per heavy atom. The summed E-state index contributed by atoms with van der Waals surface area (Å²) >= 11 is 0. The van der Waals surface area contributed by atoms with Crippen LogP contribution in [0.2, 0.25) is 19.6 Å². The Morgan fingerprint density at radius 3 is 2.28 bits per heavy atom. The SMILES string of the molecule is Cc1ccc2c(oc3cc([Si](C)(C)C)c4ccccc4c32)c1-c1cccc[n+]1C. The van der Waals surface area contributed by atoms with Gasteiger partial charge in [-0.05, 0) is 40.6 Å². The average molecular weight is 397 g/mol. The molecule has 0 N–H and O–H groups in total. The third kappa shape index (κ3) is 2.72. The first-order chi connectivity index (χ1) is 13.9. The van der Waals surface area contributed by atoms with Crippen LogP contribution in [-0.4, -0.2) is 8.07 Å². The molecular formula is C26H26NOSi+. The molecule has 0 atom stereocenters. The second-order valence-corrected chi connectivity index (χ2v) is 14.1. The number of pyridine rings is 1. The first-order valence-electron chi connectivity index (χ1n) is 10.2. The van der Waals surface area contributed by atoms with E-state index in [2.05, 4.69) is 105 Å². The second kappa shape index (κ2) is 6.29. The van der Waals surface area contributed by atoms with Crippen LogP contribution in [0.15, 0.2) is 71.3 Å². The fourth-order valence-corrected chi connectivity index (χ4v) is 6.11. The van der Waals surface area contributed by atoms with Crippen LogP contribution in [0.3, 0.4) is 0 Å². The average Bonchev–Trinajstić information content (AvgIpc) is 3.06. The molecule has 2 aromatic heterocycles. The standard InChI is InChI=1S/C26H26NOSi/c1-17-13-14-20-25-19-11-7-6-10-18(19)23(29(3,4)5)16-22(25)28-26(20)24(17)21-12-8-9-15-27(21)2/h6-16H,1-5H3/q+1. The van der Waals surface area contributed by atoms with Crippen molar-refractivity contribution in [1.29, 1.82) is 0 Å². The van der Waals surface area contributed by atoms with Gasteiger partial charge in [0, 0.05) is 22.9 Å². The topological polar surface area (TPSA) is 17.0 Å². The van der Waals surface area contributed by atoms with Crippen molar-refractivity contribution in [2.75, 3.05) is 0 Å². The number of hydrogen-bond donors (Lipinski definition) is 0. The highest BCUT2D eigenvalue weighted by Gasteiger charge is 2.25. The zero-order valence-electron chi connectivity index (χ0n) is 17.7. The van der Waals surface area contributed by atoms with E-state index >= 15 is 0 Å². The van der Waals surface area contributed by atoms with Crippen LogP contribution in [0, 0.1) is 6.92 Å². The summed E-state index contributed by atoms with van der Waals surface area (Å²) in [5.41, 5.74) is 5.57. The van der Waals surface area contributed by atoms with Crippen molar-refractivity contribution >= 4 is 46.0 Å². The summed E-state index contributed by atoms with van der Waals surface area (Å²) in [4.78, 5) is 0. The number of rotatable bonds is 2. The molecule has 3 aromatic carbocycles. The molecule has 5 rings (SSSR count). The Bertz CT molecular complexity index is 1410. The van der Waals surface area contributed by atoms with Crippen molar-refractivity contribution in [3.05, 3.63) is 72.4 Å². The number of benzene rings is 3. The van der Waals surface area contributed by atoms with Gasteiger partial charge in [0.15, 0.2) is 6.20 Å². The molecule has 0 saturated carbocycles. The largest absolute Gasteiger partial charge is 0.455 e. The molecule has 3 heteroatoms. The zero-order chi connectivity index (χ0) is 20.3. The Balaban J connectivity index is 1.99. The van der Waals surface area contributed by atoms with Crippen molar-refractivity contribution in [1.82, 2.24) is 0 Å². The van der Waals surface area contributed by atoms with Crippen molar-refractivity contribution in [2.45, 2.75) is 26.6 Å². The minimum absolute atomic E-state index is 0.986. The van der Waals surface area contributed by atoms with Gasteiger partial charge in [-0.2, -0.15) is 0 Å². The summed E-state index contributed by atoms with van der Waals surface area (Å²) in [6, 6.07) is 21.9. The molecule has 29 heavy (non-hydrogen) atoms. The molecule has 0 aliphatic carbocycles. The molecule has 0 spiro atoms. The molecule has 0 unspecified atom stereocenters. The molecule has 0 fully saturated rings. The maximum atomic E-state index is 6.63. The van der Waals surface area contributed by atoms with Crippen molar-refractivity contribution < 1.29 is 8.98 Å². The molecule has 0 bridgehead atoms. The molecule has 0 saturated heterocycles. The molecule has 2 nitrogen and oxygen atoms in total. The second-order valence-electron chi connectivity index (χ2n) is 9.03. The number of furan rings is 1. The Morgan fingerprint density at radius 1 is 0.828 bits per heavy atom. The van der Waals surface area contributed by atoms with E-state index < -0.39 is 8.07 Å². The molecule has 0 radical (unpaired) electrons. The van der Waals surface area contributed by atoms with Gasteiger partial charge in [-0.3, -0.25) is 0 Å². The van der Waals surface area contributed by atoms with E-state index in [1.807, 2.05) is 0 Å². The van der Waals surface area contributed by atoms with Crippen molar-refractivity contribution in [3.63, 3.8) is 0 Å². The first kappa shape index (κ1) is 18.1. The van der Waals surface area contributed by atoms with Gasteiger partial charge in [0.05, 0.1) is 13.6 Å². The summed E-state index contributed by atoms with van der Waals surface area (Å²) in [6.45, 7) is 9.38. The van der Waals surface area contributed by atoms with Gasteiger partial charge in [-0.25, -0.2) is 4.57 Å². The lowest BCUT2D eigenvalue weighted by molar-refractivity contribution is -0.660. The van der Waals surface area contributed by atoms with E-state index in [1.54, 1.807) is 0 Å². The maximum absolute atomic E-state index is 6.63. The number of nitrogens with zero attached hydrogens (tertiary/aromatic N) is 1. The number of hydrogen-bond acceptors (Lipinski definition) is 1. The molecule has 0 aliphatic rings. The lowest BCUT2D eigenvalue weighted by atomic mass is 9.98. The van der Waals surface area contributed by atoms with E-state index in [-0.39, 0.29) is 0 Å². The fourth-order valence-electron chi connectivity index (χ4n) is 4.52. The Labute approximate surface area is 172 Å². The summed E-state index contributed by atoms with van der Waals surface area (Å²) in [6.07, 6.45) is 2.09. The summed E-state index contributed by atoms with van der Waals surface area (Å²) in [5, 5.41) is 6.56. The normalized spacial score (nSPS) is 12.3. The van der Waals surface area contributed by atoms with E-state index in [4.69, 9.17) is 4.42 Å². The summed E-state index contributed by atoms with van der Waals surface area (Å²) in [7, 11) is 0.567. The molecule has 0 amide bonds. The molecule has 2 heterocycles. The lowest BCUT2D eigenvalue weighted by Crippen LogP contribution is -2.38. The number of aryl methyl sites for hydroxylation is 2. The van der Waals surface area contributed by atoms with Gasteiger partial charge in [-0.1, -0.05) is 56.0 Å². The highest BCUT2D eigenvalue weighted by Crippen LogP contribution is 2.39. The van der Waals surface area contributed by atoms with E-state index in [0.717, 1.165) is 11.2 Å². The van der Waals surface area contributed by atoms with Crippen LogP contribution >= 0.6 is 0 Å². The van der Waals surface area contributed by atoms with Crippen molar-refractivity contribution in [3.8, 4) is 11.3 Å². The molecule has 5 aromatic rings. The van der Waals surface area contributed by atoms with Gasteiger partial charge in [0.1, 0.15) is 18.2 Å². The third-order valence-corrected chi connectivity index (χ3v) is 8.00. The van der Waals surface area contributed by atoms with Crippen LogP contribution in [0.5, 0.6) is 0 Å². The molecular weight excluding hydrogens is 370 g/mol. The highest BCUT2D eigenvalue weighted by molar-refractivity contribution is 6.90. The van der Waals surface area contributed by atoms with E-state index in [1.165, 1.54) is 43.6 Å². The Hall–Kier alpha value is -2.91. The monoisotopic (exact) mass is 396 g/mol. The van der Waals surface area contributed by atoms with Gasteiger partial charge < -0.3 is 4.42 Å². The fraction of sp³-hybridized carbons (Fsp3) is 0.192. The van der Waals surface area contributed by atoms with E-state index in [9.17, 15) is 0 Å². The van der Waals surface area contributed by atoms with Gasteiger partial charge in [0.25, 0.3) is 0 Å². The zero-order valence-corrected chi connectivity index (χ0v) is 18.7. The summed E-state index contributed by atoms with van der Waals surface area (Å²) < 4.78 is 8.79. The first-order valence-corrected chi connectivity index (χ1v) is 13.7. The number of aromatic nitrogens is 1. The minimum Gasteiger partial charge on any atom is -0.455 e. The van der Waals surface area contributed by atoms with Crippen LogP contribution in [0.25, 0.3) is 44.0 Å². The van der Waals surface area contributed by atoms with Gasteiger partial charge >= 0.3 is 0 Å². The predicted octanol–water partition coefficient (Wildman–Crippen LogP) is 6.08. The Kier molecular flexibility index (Phi) is 3.94. The minimum atomic E-state index is -1.53. The van der Waals surface area contributed by atoms with Gasteiger partial charge in [-0.15, -0.1) is 0 Å². The van der Waals surface area contributed by atoms with Crippen LogP contribution in [0.1, 0.15) is 5.56 Å². The van der Waals surface area contributed by atoms with Crippen LogP contribution < -0.4 is 9.75 Å². The summed E-state index contributed by atoms with van der Waals surface area (Å²) in [5.74, 6) is 0. The van der Waals surface area contributed by atoms with E-state index in [0.29, 0.717) is 0 Å². The maximum Gasteiger partial charge on any atom is 0.216 e. The molecule has 144 valence electrons. The highest BCUT2D eigenvalue weighted by atomic mass is 28.3. The van der Waals surface area contributed by atoms with Crippen LogP contribution in [-0.2, 0) is 7.05 Å². The predicted molar refractivity (Wildman–Crippen MR) is 126 cm³/mol. The van der Waals surface area contributed by atoms with Gasteiger partial charge in [0.2, 0.25) is 5.69 Å². The lowest BCUT2D eigenvalue weighted by Gasteiger charge is -2.19. The smallest absolute Gasteiger partial charge is 0.216 e. The number of fused-ring (bicyclic) bond motifs is 5. The molecule has 0 aliphatic heterocycles. The third-order valence-electron chi connectivity index (χ3n) is 5.97. The van der Waals surface area contributed by atoms with Crippen LogP contribution in [0.4, 0.5) is 0 Å². The van der Waals surface area contributed by atoms with Crippen molar-refractivity contribution in [2.24, 2.45) is 7.05 Å². The quantitative estimate of drug-likeness (QED) is 0.261.